The SMILES string of the molecule is C[C@@H](NCC1CCCN1)C1CCCC1. The minimum atomic E-state index is 0.736. The average Bonchev–Trinajstić information content (AvgIpc) is 2.87. The molecule has 1 saturated heterocycles. The summed E-state index contributed by atoms with van der Waals surface area (Å²) in [5.74, 6) is 0.955. The topological polar surface area (TPSA) is 24.1 Å². The molecular formula is C12H24N2. The quantitative estimate of drug-likeness (QED) is 0.717. The molecule has 0 aromatic heterocycles. The highest BCUT2D eigenvalue weighted by atomic mass is 15.0. The molecule has 14 heavy (non-hydrogen) atoms. The smallest absolute Gasteiger partial charge is 0.0193 e. The third-order valence-electron chi connectivity index (χ3n) is 3.96. The molecule has 0 aromatic carbocycles. The lowest BCUT2D eigenvalue weighted by molar-refractivity contribution is 0.365. The van der Waals surface area contributed by atoms with E-state index in [1.807, 2.05) is 0 Å². The first-order chi connectivity index (χ1) is 6.86. The number of hydrogen-bond acceptors (Lipinski definition) is 2. The summed E-state index contributed by atoms with van der Waals surface area (Å²) in [5.41, 5.74) is 0. The third kappa shape index (κ3) is 2.71. The van der Waals surface area contributed by atoms with Gasteiger partial charge in [0.05, 0.1) is 0 Å². The van der Waals surface area contributed by atoms with E-state index in [4.69, 9.17) is 0 Å². The van der Waals surface area contributed by atoms with Gasteiger partial charge in [-0.25, -0.2) is 0 Å². The van der Waals surface area contributed by atoms with Gasteiger partial charge < -0.3 is 10.6 Å². The maximum Gasteiger partial charge on any atom is 0.0193 e. The summed E-state index contributed by atoms with van der Waals surface area (Å²) < 4.78 is 0. The maximum atomic E-state index is 3.70. The first-order valence-electron chi connectivity index (χ1n) is 6.33. The average molecular weight is 196 g/mol. The fraction of sp³-hybridized carbons (Fsp3) is 1.00. The molecule has 0 spiro atoms. The molecule has 2 fully saturated rings. The van der Waals surface area contributed by atoms with Crippen LogP contribution >= 0.6 is 0 Å². The van der Waals surface area contributed by atoms with Crippen molar-refractivity contribution < 1.29 is 0 Å². The van der Waals surface area contributed by atoms with Crippen molar-refractivity contribution in [2.75, 3.05) is 13.1 Å². The molecule has 1 unspecified atom stereocenters. The zero-order chi connectivity index (χ0) is 9.80. The van der Waals surface area contributed by atoms with Crippen LogP contribution in [0.25, 0.3) is 0 Å². The number of rotatable bonds is 4. The predicted octanol–water partition coefficient (Wildman–Crippen LogP) is 1.91. The summed E-state index contributed by atoms with van der Waals surface area (Å²) in [6, 6.07) is 1.48. The molecule has 2 rings (SSSR count). The molecule has 2 aliphatic rings. The van der Waals surface area contributed by atoms with Crippen molar-refractivity contribution in [3.8, 4) is 0 Å². The second kappa shape index (κ2) is 5.13. The van der Waals surface area contributed by atoms with Gasteiger partial charge >= 0.3 is 0 Å². The van der Waals surface area contributed by atoms with E-state index < -0.39 is 0 Å². The van der Waals surface area contributed by atoms with Crippen molar-refractivity contribution in [3.63, 3.8) is 0 Å². The van der Waals surface area contributed by atoms with Crippen LogP contribution in [0.1, 0.15) is 45.4 Å². The van der Waals surface area contributed by atoms with Crippen molar-refractivity contribution in [1.29, 1.82) is 0 Å². The van der Waals surface area contributed by atoms with Crippen molar-refractivity contribution in [2.45, 2.75) is 57.5 Å². The Morgan fingerprint density at radius 3 is 2.64 bits per heavy atom. The van der Waals surface area contributed by atoms with Gasteiger partial charge in [-0.1, -0.05) is 12.8 Å². The second-order valence-corrected chi connectivity index (χ2v) is 5.03. The highest BCUT2D eigenvalue weighted by Gasteiger charge is 2.22. The van der Waals surface area contributed by atoms with Crippen LogP contribution < -0.4 is 10.6 Å². The van der Waals surface area contributed by atoms with Crippen LogP contribution in [0.2, 0.25) is 0 Å². The van der Waals surface area contributed by atoms with E-state index in [1.54, 1.807) is 0 Å². The van der Waals surface area contributed by atoms with Gasteiger partial charge in [0, 0.05) is 18.6 Å². The molecule has 1 aliphatic heterocycles. The Morgan fingerprint density at radius 1 is 1.21 bits per heavy atom. The molecular weight excluding hydrogens is 172 g/mol. The summed E-state index contributed by atoms with van der Waals surface area (Å²) in [7, 11) is 0. The molecule has 2 atom stereocenters. The van der Waals surface area contributed by atoms with Crippen LogP contribution in [0.3, 0.4) is 0 Å². The lowest BCUT2D eigenvalue weighted by Crippen LogP contribution is -2.41. The fourth-order valence-electron chi connectivity index (χ4n) is 2.88. The lowest BCUT2D eigenvalue weighted by Gasteiger charge is -2.22. The van der Waals surface area contributed by atoms with Crippen LogP contribution in [-0.2, 0) is 0 Å². The Morgan fingerprint density at radius 2 is 2.00 bits per heavy atom. The fourth-order valence-corrected chi connectivity index (χ4v) is 2.88. The minimum Gasteiger partial charge on any atom is -0.313 e. The molecule has 82 valence electrons. The normalized spacial score (nSPS) is 31.1. The summed E-state index contributed by atoms with van der Waals surface area (Å²) in [5, 5.41) is 7.24. The summed E-state index contributed by atoms with van der Waals surface area (Å²) in [6.07, 6.45) is 8.55. The lowest BCUT2D eigenvalue weighted by atomic mass is 9.99. The second-order valence-electron chi connectivity index (χ2n) is 5.03. The van der Waals surface area contributed by atoms with Gasteiger partial charge in [-0.2, -0.15) is 0 Å². The maximum absolute atomic E-state index is 3.70. The van der Waals surface area contributed by atoms with Crippen LogP contribution in [0, 0.1) is 5.92 Å². The third-order valence-corrected chi connectivity index (χ3v) is 3.96. The van der Waals surface area contributed by atoms with Crippen LogP contribution in [0.15, 0.2) is 0 Å². The van der Waals surface area contributed by atoms with Crippen molar-refractivity contribution in [1.82, 2.24) is 10.6 Å². The molecule has 1 saturated carbocycles. The van der Waals surface area contributed by atoms with Crippen molar-refractivity contribution in [2.24, 2.45) is 5.92 Å². The monoisotopic (exact) mass is 196 g/mol. The van der Waals surface area contributed by atoms with E-state index in [2.05, 4.69) is 17.6 Å². The van der Waals surface area contributed by atoms with Crippen LogP contribution in [-0.4, -0.2) is 25.2 Å². The van der Waals surface area contributed by atoms with Gasteiger partial charge in [0.25, 0.3) is 0 Å². The molecule has 0 radical (unpaired) electrons. The summed E-state index contributed by atoms with van der Waals surface area (Å²) >= 11 is 0. The first kappa shape index (κ1) is 10.4. The molecule has 0 aromatic rings. The zero-order valence-electron chi connectivity index (χ0n) is 9.39. The van der Waals surface area contributed by atoms with Gasteiger partial charge in [0.15, 0.2) is 0 Å². The van der Waals surface area contributed by atoms with E-state index >= 15 is 0 Å². The van der Waals surface area contributed by atoms with E-state index in [0.29, 0.717) is 0 Å². The molecule has 0 amide bonds. The Hall–Kier alpha value is -0.0800. The van der Waals surface area contributed by atoms with Crippen LogP contribution in [0.5, 0.6) is 0 Å². The Labute approximate surface area is 87.8 Å². The highest BCUT2D eigenvalue weighted by Crippen LogP contribution is 2.27. The van der Waals surface area contributed by atoms with Gasteiger partial charge in [-0.05, 0) is 45.1 Å². The minimum absolute atomic E-state index is 0.736. The van der Waals surface area contributed by atoms with Gasteiger partial charge in [0.2, 0.25) is 0 Å². The molecule has 2 nitrogen and oxygen atoms in total. The molecule has 1 aliphatic carbocycles. The highest BCUT2D eigenvalue weighted by molar-refractivity contribution is 4.81. The molecule has 0 bridgehead atoms. The predicted molar refractivity (Wildman–Crippen MR) is 60.4 cm³/mol. The van der Waals surface area contributed by atoms with Gasteiger partial charge in [0.1, 0.15) is 0 Å². The van der Waals surface area contributed by atoms with E-state index in [-0.39, 0.29) is 0 Å². The Bertz CT molecular complexity index is 158. The molecule has 1 heterocycles. The van der Waals surface area contributed by atoms with E-state index in [9.17, 15) is 0 Å². The first-order valence-corrected chi connectivity index (χ1v) is 6.33. The van der Waals surface area contributed by atoms with Crippen molar-refractivity contribution in [3.05, 3.63) is 0 Å². The number of hydrogen-bond donors (Lipinski definition) is 2. The van der Waals surface area contributed by atoms with E-state index in [1.165, 1.54) is 51.6 Å². The Kier molecular flexibility index (Phi) is 3.82. The van der Waals surface area contributed by atoms with Crippen LogP contribution in [0.4, 0.5) is 0 Å². The Balaban J connectivity index is 1.63. The standard InChI is InChI=1S/C12H24N2/c1-10(11-5-2-3-6-11)14-9-12-7-4-8-13-12/h10-14H,2-9H2,1H3/t10-,12?/m1/s1. The zero-order valence-corrected chi connectivity index (χ0v) is 9.39. The van der Waals surface area contributed by atoms with Gasteiger partial charge in [-0.3, -0.25) is 0 Å². The van der Waals surface area contributed by atoms with Crippen molar-refractivity contribution >= 4 is 0 Å². The summed E-state index contributed by atoms with van der Waals surface area (Å²) in [6.45, 7) is 4.77. The van der Waals surface area contributed by atoms with E-state index in [0.717, 1.165) is 18.0 Å². The largest absolute Gasteiger partial charge is 0.313 e. The van der Waals surface area contributed by atoms with Gasteiger partial charge in [-0.15, -0.1) is 0 Å². The molecule has 2 N–H and O–H groups in total. The summed E-state index contributed by atoms with van der Waals surface area (Å²) in [4.78, 5) is 0. The molecule has 2 heteroatoms. The number of nitrogens with one attached hydrogen (secondary N) is 2.